The number of hydrogen-bond donors (Lipinski definition) is 1. The Labute approximate surface area is 56.9 Å². The van der Waals surface area contributed by atoms with Gasteiger partial charge in [-0.1, -0.05) is 6.92 Å². The molecule has 0 fully saturated rings. The molecule has 9 heavy (non-hydrogen) atoms. The van der Waals surface area contributed by atoms with Crippen LogP contribution in [0.2, 0.25) is 0 Å². The van der Waals surface area contributed by atoms with E-state index in [4.69, 9.17) is 5.41 Å². The summed E-state index contributed by atoms with van der Waals surface area (Å²) in [6.07, 6.45) is 1.97. The second-order valence-electron chi connectivity index (χ2n) is 1.39. The molecule has 0 aliphatic carbocycles. The number of hydrogen-bond acceptors (Lipinski definition) is 3. The predicted octanol–water partition coefficient (Wildman–Crippen LogP) is 0.839. The molecule has 0 radical (unpaired) electrons. The summed E-state index contributed by atoms with van der Waals surface area (Å²) in [6.45, 7) is 1.81. The van der Waals surface area contributed by atoms with Crippen LogP contribution in [0.25, 0.3) is 0 Å². The molecule has 1 atom stereocenters. The first-order valence-corrected chi connectivity index (χ1v) is 3.99. The first-order valence-electron chi connectivity index (χ1n) is 2.51. The summed E-state index contributed by atoms with van der Waals surface area (Å²) < 4.78 is 15.0. The third kappa shape index (κ3) is 3.94. The van der Waals surface area contributed by atoms with Crippen LogP contribution in [0, 0.1) is 5.41 Å². The van der Waals surface area contributed by atoms with Crippen LogP contribution in [-0.4, -0.2) is 16.3 Å². The van der Waals surface area contributed by atoms with Crippen molar-refractivity contribution in [3.63, 3.8) is 0 Å². The Kier molecular flexibility index (Phi) is 4.01. The van der Waals surface area contributed by atoms with Gasteiger partial charge in [0.05, 0.1) is 0 Å². The second-order valence-corrected chi connectivity index (χ2v) is 2.36. The van der Waals surface area contributed by atoms with Gasteiger partial charge in [-0.2, -0.15) is 0 Å². The highest BCUT2D eigenvalue weighted by molar-refractivity contribution is 7.79. The van der Waals surface area contributed by atoms with Gasteiger partial charge < -0.3 is 4.18 Å². The van der Waals surface area contributed by atoms with Gasteiger partial charge in [-0.3, -0.25) is 5.41 Å². The van der Waals surface area contributed by atoms with Crippen LogP contribution in [-0.2, 0) is 15.3 Å². The highest BCUT2D eigenvalue weighted by Gasteiger charge is 1.94. The van der Waals surface area contributed by atoms with Gasteiger partial charge in [-0.25, -0.2) is 4.21 Å². The van der Waals surface area contributed by atoms with Crippen LogP contribution in [0.5, 0.6) is 0 Å². The summed E-state index contributed by atoms with van der Waals surface area (Å²) in [5.74, 6) is 2.36. The first-order chi connectivity index (χ1) is 4.20. The molecule has 0 spiro atoms. The van der Waals surface area contributed by atoms with E-state index in [0.717, 1.165) is 0 Å². The average molecular weight is 147 g/mol. The van der Waals surface area contributed by atoms with E-state index in [1.807, 2.05) is 12.8 Å². The Morgan fingerprint density at radius 1 is 1.89 bits per heavy atom. The first kappa shape index (κ1) is 8.40. The van der Waals surface area contributed by atoms with Gasteiger partial charge >= 0.3 is 0 Å². The molecular formula is C5H9NO2S. The van der Waals surface area contributed by atoms with Crippen molar-refractivity contribution in [2.24, 2.45) is 0 Å². The van der Waals surface area contributed by atoms with Crippen LogP contribution >= 0.6 is 0 Å². The molecule has 0 saturated heterocycles. The molecule has 1 unspecified atom stereocenters. The summed E-state index contributed by atoms with van der Waals surface area (Å²) in [5.41, 5.74) is 0. The molecule has 0 aliphatic heterocycles. The monoisotopic (exact) mass is 147 g/mol. The van der Waals surface area contributed by atoms with Gasteiger partial charge in [-0.05, 0) is 0 Å². The summed E-state index contributed by atoms with van der Waals surface area (Å²) in [6, 6.07) is 0. The van der Waals surface area contributed by atoms with Crippen molar-refractivity contribution < 1.29 is 8.39 Å². The third-order valence-corrected chi connectivity index (χ3v) is 1.11. The van der Waals surface area contributed by atoms with Crippen molar-refractivity contribution >= 4 is 17.0 Å². The van der Waals surface area contributed by atoms with Gasteiger partial charge in [0, 0.05) is 18.5 Å². The summed E-state index contributed by atoms with van der Waals surface area (Å²) >= 11 is -1.31. The molecule has 0 aromatic carbocycles. The summed E-state index contributed by atoms with van der Waals surface area (Å²) in [7, 11) is 0. The van der Waals surface area contributed by atoms with Gasteiger partial charge in [0.1, 0.15) is 0 Å². The van der Waals surface area contributed by atoms with E-state index in [9.17, 15) is 4.21 Å². The van der Waals surface area contributed by atoms with Crippen molar-refractivity contribution in [2.45, 2.75) is 13.3 Å². The molecule has 4 heteroatoms. The van der Waals surface area contributed by atoms with E-state index in [1.165, 1.54) is 6.26 Å². The molecule has 52 valence electrons. The maximum absolute atomic E-state index is 10.3. The SMILES string of the molecule is CCC(=C=N)OS(C)=O. The average Bonchev–Trinajstić information content (AvgIpc) is 1.82. The van der Waals surface area contributed by atoms with Gasteiger partial charge in [0.25, 0.3) is 0 Å². The molecule has 0 aromatic rings. The molecule has 0 aliphatic rings. The van der Waals surface area contributed by atoms with E-state index < -0.39 is 11.1 Å². The lowest BCUT2D eigenvalue weighted by molar-refractivity contribution is 0.450. The van der Waals surface area contributed by atoms with Crippen molar-refractivity contribution in [1.29, 1.82) is 5.41 Å². The van der Waals surface area contributed by atoms with E-state index in [1.54, 1.807) is 0 Å². The highest BCUT2D eigenvalue weighted by atomic mass is 32.2. The number of rotatable bonds is 3. The minimum atomic E-state index is -1.31. The van der Waals surface area contributed by atoms with Crippen LogP contribution in [0.15, 0.2) is 5.76 Å². The lowest BCUT2D eigenvalue weighted by Gasteiger charge is -1.97. The van der Waals surface area contributed by atoms with E-state index in [2.05, 4.69) is 4.18 Å². The Morgan fingerprint density at radius 3 is 2.56 bits per heavy atom. The maximum Gasteiger partial charge on any atom is 0.203 e. The molecule has 0 rings (SSSR count). The zero-order chi connectivity index (χ0) is 7.28. The lowest BCUT2D eigenvalue weighted by Crippen LogP contribution is -1.93. The fraction of sp³-hybridized carbons (Fsp3) is 0.600. The summed E-state index contributed by atoms with van der Waals surface area (Å²) in [4.78, 5) is 0. The Hall–Kier alpha value is -0.600. The minimum Gasteiger partial charge on any atom is -0.395 e. The predicted molar refractivity (Wildman–Crippen MR) is 36.7 cm³/mol. The minimum absolute atomic E-state index is 0.329. The second kappa shape index (κ2) is 4.30. The molecule has 0 bridgehead atoms. The Bertz CT molecular complexity index is 160. The highest BCUT2D eigenvalue weighted by Crippen LogP contribution is 1.98. The lowest BCUT2D eigenvalue weighted by atomic mass is 10.4. The number of allylic oxidation sites excluding steroid dienone is 1. The van der Waals surface area contributed by atoms with Gasteiger partial charge in [0.15, 0.2) is 5.76 Å². The Morgan fingerprint density at radius 2 is 2.44 bits per heavy atom. The summed E-state index contributed by atoms with van der Waals surface area (Å²) in [5, 5.41) is 6.61. The van der Waals surface area contributed by atoms with Crippen molar-refractivity contribution in [2.75, 3.05) is 6.26 Å². The zero-order valence-corrected chi connectivity index (χ0v) is 6.25. The zero-order valence-electron chi connectivity index (χ0n) is 5.43. The van der Waals surface area contributed by atoms with Crippen LogP contribution < -0.4 is 0 Å². The Balaban J connectivity index is 3.87. The molecule has 3 nitrogen and oxygen atoms in total. The molecule has 0 saturated carbocycles. The molecule has 0 heterocycles. The van der Waals surface area contributed by atoms with Crippen LogP contribution in [0.4, 0.5) is 0 Å². The third-order valence-electron chi connectivity index (χ3n) is 0.678. The number of nitrogens with one attached hydrogen (secondary N) is 1. The van der Waals surface area contributed by atoms with Crippen molar-refractivity contribution in [3.05, 3.63) is 5.76 Å². The fourth-order valence-corrected chi connectivity index (χ4v) is 0.753. The molecule has 0 aromatic heterocycles. The largest absolute Gasteiger partial charge is 0.395 e. The molecule has 0 amide bonds. The maximum atomic E-state index is 10.3. The quantitative estimate of drug-likeness (QED) is 0.475. The fourth-order valence-electron chi connectivity index (χ4n) is 0.310. The van der Waals surface area contributed by atoms with Crippen LogP contribution in [0.1, 0.15) is 13.3 Å². The van der Waals surface area contributed by atoms with Gasteiger partial charge in [-0.15, -0.1) is 0 Å². The molecule has 1 N–H and O–H groups in total. The molecular weight excluding hydrogens is 138 g/mol. The van der Waals surface area contributed by atoms with Crippen molar-refractivity contribution in [1.82, 2.24) is 0 Å². The van der Waals surface area contributed by atoms with E-state index in [0.29, 0.717) is 12.2 Å². The van der Waals surface area contributed by atoms with Gasteiger partial charge in [0.2, 0.25) is 11.1 Å². The standard InChI is InChI=1S/C5H9NO2S/c1-3-5(4-6)8-9(2)7/h6H,3H2,1-2H3. The van der Waals surface area contributed by atoms with Crippen molar-refractivity contribution in [3.8, 4) is 0 Å². The normalized spacial score (nSPS) is 11.8. The smallest absolute Gasteiger partial charge is 0.203 e. The topological polar surface area (TPSA) is 50.1 Å². The van der Waals surface area contributed by atoms with E-state index >= 15 is 0 Å². The van der Waals surface area contributed by atoms with Crippen LogP contribution in [0.3, 0.4) is 0 Å². The van der Waals surface area contributed by atoms with E-state index in [-0.39, 0.29) is 0 Å².